The zero-order chi connectivity index (χ0) is 20.3. The Morgan fingerprint density at radius 1 is 0.429 bits per heavy atom. The zero-order valence-electron chi connectivity index (χ0n) is 18.1. The molecule has 0 aliphatic heterocycles. The van der Waals surface area contributed by atoms with Gasteiger partial charge in [-0.15, -0.1) is 0 Å². The van der Waals surface area contributed by atoms with E-state index >= 15 is 0 Å². The van der Waals surface area contributed by atoms with Crippen LogP contribution in [0.15, 0.2) is 72.8 Å². The summed E-state index contributed by atoms with van der Waals surface area (Å²) in [5.74, 6) is 1.60. The predicted octanol–water partition coefficient (Wildman–Crippen LogP) is 5.57. The van der Waals surface area contributed by atoms with Crippen molar-refractivity contribution in [1.82, 2.24) is 0 Å². The molecule has 0 bridgehead atoms. The third kappa shape index (κ3) is 4.28. The minimum atomic E-state index is -1.69. The molecule has 0 saturated heterocycles. The maximum atomic E-state index is 2.41. The Morgan fingerprint density at radius 2 is 0.679 bits per heavy atom. The summed E-state index contributed by atoms with van der Waals surface area (Å²) in [4.78, 5) is 0. The van der Waals surface area contributed by atoms with Crippen molar-refractivity contribution >= 4 is 27.7 Å². The van der Waals surface area contributed by atoms with E-state index in [1.165, 1.54) is 16.7 Å². The summed E-state index contributed by atoms with van der Waals surface area (Å²) in [5, 5.41) is 0. The van der Waals surface area contributed by atoms with Gasteiger partial charge in [0, 0.05) is 0 Å². The van der Waals surface area contributed by atoms with Crippen molar-refractivity contribution in [2.75, 3.05) is 0 Å². The molecular formula is C27H33As. The third-order valence-electron chi connectivity index (χ3n) is 5.40. The van der Waals surface area contributed by atoms with Gasteiger partial charge in [0.1, 0.15) is 0 Å². The van der Waals surface area contributed by atoms with Crippen LogP contribution in [0.4, 0.5) is 0 Å². The fourth-order valence-electron chi connectivity index (χ4n) is 3.93. The number of hydrogen-bond acceptors (Lipinski definition) is 0. The molecule has 0 atom stereocenters. The van der Waals surface area contributed by atoms with Crippen molar-refractivity contribution in [1.29, 1.82) is 0 Å². The van der Waals surface area contributed by atoms with Gasteiger partial charge in [-0.05, 0) is 0 Å². The molecule has 0 nitrogen and oxygen atoms in total. The van der Waals surface area contributed by atoms with Crippen LogP contribution in [-0.4, -0.2) is 14.7 Å². The molecule has 0 amide bonds. The van der Waals surface area contributed by atoms with Crippen LogP contribution in [-0.2, 0) is 0 Å². The van der Waals surface area contributed by atoms with Crippen LogP contribution in [0.2, 0.25) is 0 Å². The second kappa shape index (κ2) is 9.14. The van der Waals surface area contributed by atoms with Gasteiger partial charge in [0.05, 0.1) is 0 Å². The van der Waals surface area contributed by atoms with E-state index < -0.39 is 14.7 Å². The molecule has 0 aliphatic carbocycles. The van der Waals surface area contributed by atoms with Crippen LogP contribution < -0.4 is 13.1 Å². The summed E-state index contributed by atoms with van der Waals surface area (Å²) in [6.07, 6.45) is 0. The van der Waals surface area contributed by atoms with Gasteiger partial charge in [0.2, 0.25) is 0 Å². The molecule has 3 aromatic rings. The normalized spacial score (nSPS) is 11.8. The summed E-state index contributed by atoms with van der Waals surface area (Å²) < 4.78 is 4.77. The molecule has 146 valence electrons. The molecule has 0 aliphatic rings. The minimum absolute atomic E-state index is 0.533. The Morgan fingerprint density at radius 3 is 0.929 bits per heavy atom. The van der Waals surface area contributed by atoms with Crippen molar-refractivity contribution in [3.8, 4) is 0 Å². The van der Waals surface area contributed by atoms with Crippen LogP contribution in [0.5, 0.6) is 0 Å². The van der Waals surface area contributed by atoms with Crippen LogP contribution in [0.25, 0.3) is 0 Å². The standard InChI is InChI=1S/C27H33As/c1-19(2)22-13-7-10-16-25(22)28(26-17-11-8-14-23(26)20(3)4)27-18-12-9-15-24(27)21(5)6/h7-21H,1-6H3. The van der Waals surface area contributed by atoms with Crippen LogP contribution >= 0.6 is 0 Å². The second-order valence-corrected chi connectivity index (χ2v) is 12.9. The molecule has 0 aromatic heterocycles. The number of benzene rings is 3. The quantitative estimate of drug-likeness (QED) is 0.447. The Kier molecular flexibility index (Phi) is 6.84. The first-order valence-corrected chi connectivity index (χ1v) is 13.3. The van der Waals surface area contributed by atoms with Gasteiger partial charge in [-0.25, -0.2) is 0 Å². The predicted molar refractivity (Wildman–Crippen MR) is 126 cm³/mol. The van der Waals surface area contributed by atoms with E-state index in [2.05, 4.69) is 114 Å². The Balaban J connectivity index is 2.35. The summed E-state index contributed by atoms with van der Waals surface area (Å²) in [6, 6.07) is 27.6. The fourth-order valence-corrected chi connectivity index (χ4v) is 10.8. The van der Waals surface area contributed by atoms with Gasteiger partial charge in [-0.3, -0.25) is 0 Å². The van der Waals surface area contributed by atoms with Crippen molar-refractivity contribution in [2.45, 2.75) is 59.3 Å². The van der Waals surface area contributed by atoms with E-state index in [0.717, 1.165) is 0 Å². The van der Waals surface area contributed by atoms with Gasteiger partial charge in [0.25, 0.3) is 0 Å². The molecule has 1 heteroatoms. The van der Waals surface area contributed by atoms with Gasteiger partial charge in [0.15, 0.2) is 0 Å². The molecule has 0 radical (unpaired) electrons. The van der Waals surface area contributed by atoms with E-state index in [-0.39, 0.29) is 0 Å². The molecular weight excluding hydrogens is 399 g/mol. The third-order valence-corrected chi connectivity index (χ3v) is 11.0. The number of rotatable bonds is 6. The Hall–Kier alpha value is -1.78. The Bertz CT molecular complexity index is 798. The first-order chi connectivity index (χ1) is 13.4. The molecule has 0 heterocycles. The van der Waals surface area contributed by atoms with Crippen LogP contribution in [0.3, 0.4) is 0 Å². The van der Waals surface area contributed by atoms with Gasteiger partial charge in [-0.1, -0.05) is 0 Å². The molecule has 28 heavy (non-hydrogen) atoms. The molecule has 0 unspecified atom stereocenters. The maximum absolute atomic E-state index is 2.41. The second-order valence-electron chi connectivity index (χ2n) is 8.48. The van der Waals surface area contributed by atoms with Crippen molar-refractivity contribution in [3.05, 3.63) is 89.5 Å². The summed E-state index contributed by atoms with van der Waals surface area (Å²) in [7, 11) is 0. The molecule has 3 aromatic carbocycles. The molecule has 0 fully saturated rings. The van der Waals surface area contributed by atoms with Gasteiger partial charge in [-0.2, -0.15) is 0 Å². The average molecular weight is 432 g/mol. The topological polar surface area (TPSA) is 0 Å². The Labute approximate surface area is 176 Å². The van der Waals surface area contributed by atoms with Crippen LogP contribution in [0, 0.1) is 0 Å². The van der Waals surface area contributed by atoms with E-state index in [9.17, 15) is 0 Å². The van der Waals surface area contributed by atoms with Crippen molar-refractivity contribution in [3.63, 3.8) is 0 Å². The number of hydrogen-bond donors (Lipinski definition) is 0. The monoisotopic (exact) mass is 432 g/mol. The van der Waals surface area contributed by atoms with Gasteiger partial charge < -0.3 is 0 Å². The SMILES string of the molecule is CC(C)c1ccccc1[As](c1ccccc1C(C)C)c1ccccc1C(C)C. The van der Waals surface area contributed by atoms with Crippen molar-refractivity contribution in [2.24, 2.45) is 0 Å². The molecule has 0 saturated carbocycles. The van der Waals surface area contributed by atoms with E-state index in [1.807, 2.05) is 0 Å². The first kappa shape index (κ1) is 20.9. The van der Waals surface area contributed by atoms with E-state index in [4.69, 9.17) is 0 Å². The summed E-state index contributed by atoms with van der Waals surface area (Å²) in [5.41, 5.74) is 4.54. The first-order valence-electron chi connectivity index (χ1n) is 10.5. The fraction of sp³-hybridized carbons (Fsp3) is 0.333. The van der Waals surface area contributed by atoms with E-state index in [1.54, 1.807) is 13.1 Å². The molecule has 0 N–H and O–H groups in total. The average Bonchev–Trinajstić information content (AvgIpc) is 2.69. The summed E-state index contributed by atoms with van der Waals surface area (Å²) in [6.45, 7) is 14.0. The zero-order valence-corrected chi connectivity index (χ0v) is 20.0. The van der Waals surface area contributed by atoms with E-state index in [0.29, 0.717) is 17.8 Å². The molecule has 3 rings (SSSR count). The summed E-state index contributed by atoms with van der Waals surface area (Å²) >= 11 is -1.69. The van der Waals surface area contributed by atoms with Gasteiger partial charge >= 0.3 is 176 Å². The molecule has 0 spiro atoms. The van der Waals surface area contributed by atoms with Crippen molar-refractivity contribution < 1.29 is 0 Å². The van der Waals surface area contributed by atoms with Crippen LogP contribution in [0.1, 0.15) is 76.0 Å².